The molecule has 6 aromatic rings. The normalized spacial score (nSPS) is 11.9. The molecule has 6 rings (SSSR count). The highest BCUT2D eigenvalue weighted by atomic mass is 32.2. The van der Waals surface area contributed by atoms with Crippen LogP contribution in [0.5, 0.6) is 0 Å². The lowest BCUT2D eigenvalue weighted by Crippen LogP contribution is -2.42. The summed E-state index contributed by atoms with van der Waals surface area (Å²) >= 11 is 0. The van der Waals surface area contributed by atoms with Gasteiger partial charge in [0.2, 0.25) is 5.82 Å². The van der Waals surface area contributed by atoms with Gasteiger partial charge in [0.05, 0.1) is 28.9 Å². The van der Waals surface area contributed by atoms with Crippen molar-refractivity contribution in [2.45, 2.75) is 65.2 Å². The van der Waals surface area contributed by atoms with Crippen LogP contribution >= 0.6 is 0 Å². The van der Waals surface area contributed by atoms with Gasteiger partial charge < -0.3 is 10.5 Å². The van der Waals surface area contributed by atoms with E-state index >= 15 is 0 Å². The van der Waals surface area contributed by atoms with Crippen molar-refractivity contribution in [3.8, 4) is 5.69 Å². The van der Waals surface area contributed by atoms with Crippen LogP contribution in [-0.4, -0.2) is 31.7 Å². The van der Waals surface area contributed by atoms with Gasteiger partial charge in [0.1, 0.15) is 6.73 Å². The molecule has 49 heavy (non-hydrogen) atoms. The topological polar surface area (TPSA) is 144 Å². The summed E-state index contributed by atoms with van der Waals surface area (Å²) in [6, 6.07) is 21.8. The van der Waals surface area contributed by atoms with Gasteiger partial charge in [0.25, 0.3) is 10.0 Å². The second kappa shape index (κ2) is 13.3. The van der Waals surface area contributed by atoms with Crippen LogP contribution in [0.3, 0.4) is 0 Å². The maximum Gasteiger partial charge on any atom is 0.354 e. The van der Waals surface area contributed by atoms with Crippen molar-refractivity contribution >= 4 is 26.7 Å². The molecule has 3 heterocycles. The Balaban J connectivity index is 1.32. The van der Waals surface area contributed by atoms with Gasteiger partial charge in [0.15, 0.2) is 0 Å². The van der Waals surface area contributed by atoms with Gasteiger partial charge in [0, 0.05) is 23.7 Å². The molecular formula is C37H38N6O5S. The average molecular weight is 679 g/mol. The second-order valence-corrected chi connectivity index (χ2v) is 14.4. The van der Waals surface area contributed by atoms with Crippen molar-refractivity contribution in [1.29, 1.82) is 0 Å². The van der Waals surface area contributed by atoms with E-state index in [1.165, 1.54) is 3.97 Å². The first-order valence-corrected chi connectivity index (χ1v) is 17.3. The number of aromatic nitrogens is 5. The van der Waals surface area contributed by atoms with Gasteiger partial charge in [-0.2, -0.15) is 4.68 Å². The molecule has 0 radical (unpaired) electrons. The number of pyridine rings is 1. The summed E-state index contributed by atoms with van der Waals surface area (Å²) in [4.78, 5) is 31.1. The van der Waals surface area contributed by atoms with E-state index in [-0.39, 0.29) is 30.0 Å². The molecule has 0 bridgehead atoms. The Morgan fingerprint density at radius 1 is 0.918 bits per heavy atom. The maximum atomic E-state index is 13.7. The van der Waals surface area contributed by atoms with Crippen molar-refractivity contribution in [2.75, 3.05) is 5.73 Å². The summed E-state index contributed by atoms with van der Waals surface area (Å²) in [5, 5.41) is 4.93. The zero-order valence-corrected chi connectivity index (χ0v) is 28.9. The predicted octanol–water partition coefficient (Wildman–Crippen LogP) is 5.38. The number of rotatable bonds is 10. The van der Waals surface area contributed by atoms with E-state index in [2.05, 4.69) is 5.10 Å². The Labute approximate surface area is 284 Å². The summed E-state index contributed by atoms with van der Waals surface area (Å²) in [6.07, 6.45) is 3.79. The first-order chi connectivity index (χ1) is 23.3. The quantitative estimate of drug-likeness (QED) is 0.204. The monoisotopic (exact) mass is 678 g/mol. The number of hydrogen-bond acceptors (Lipinski definition) is 8. The number of hydrogen-bond donors (Lipinski definition) is 1. The molecule has 3 aromatic carbocycles. The van der Waals surface area contributed by atoms with E-state index in [1.807, 2.05) is 83.1 Å². The highest BCUT2D eigenvalue weighted by molar-refractivity contribution is 7.90. The van der Waals surface area contributed by atoms with Crippen molar-refractivity contribution < 1.29 is 13.2 Å². The van der Waals surface area contributed by atoms with Crippen LogP contribution in [0.2, 0.25) is 0 Å². The van der Waals surface area contributed by atoms with Crippen LogP contribution in [0.15, 0.2) is 99.7 Å². The van der Waals surface area contributed by atoms with Crippen LogP contribution in [0, 0.1) is 20.8 Å². The predicted molar refractivity (Wildman–Crippen MR) is 190 cm³/mol. The lowest BCUT2D eigenvalue weighted by molar-refractivity contribution is 0.0580. The number of nitrogens with zero attached hydrogens (tertiary/aromatic N) is 5. The van der Waals surface area contributed by atoms with Crippen LogP contribution in [0.4, 0.5) is 5.82 Å². The van der Waals surface area contributed by atoms with Gasteiger partial charge in [-0.25, -0.2) is 21.8 Å². The van der Waals surface area contributed by atoms with Crippen LogP contribution in [-0.2, 0) is 34.5 Å². The molecule has 0 aliphatic rings. The number of aryl methyl sites for hydroxylation is 3. The van der Waals surface area contributed by atoms with Gasteiger partial charge in [-0.1, -0.05) is 61.9 Å². The summed E-state index contributed by atoms with van der Waals surface area (Å²) in [6.45, 7) is 9.78. The minimum Gasteiger partial charge on any atom is -0.378 e. The lowest BCUT2D eigenvalue weighted by atomic mass is 9.96. The molecule has 0 aliphatic heterocycles. The maximum absolute atomic E-state index is 13.7. The molecule has 3 aromatic heterocycles. The van der Waals surface area contributed by atoms with Gasteiger partial charge in [-0.15, -0.1) is 5.10 Å². The minimum atomic E-state index is -3.84. The summed E-state index contributed by atoms with van der Waals surface area (Å²) in [7, 11) is -3.84. The van der Waals surface area contributed by atoms with E-state index in [0.717, 1.165) is 53.7 Å². The number of nitrogens with two attached hydrogens (primary N) is 1. The molecule has 0 unspecified atom stereocenters. The molecular weight excluding hydrogens is 641 g/mol. The fourth-order valence-electron chi connectivity index (χ4n) is 5.94. The molecule has 2 N–H and O–H groups in total. The summed E-state index contributed by atoms with van der Waals surface area (Å²) in [5.41, 5.74) is 11.8. The molecule has 0 aliphatic carbocycles. The van der Waals surface area contributed by atoms with Gasteiger partial charge >= 0.3 is 11.2 Å². The number of anilines is 1. The molecule has 0 amide bonds. The zero-order chi connectivity index (χ0) is 35.0. The van der Waals surface area contributed by atoms with Crippen molar-refractivity contribution in [2.24, 2.45) is 0 Å². The molecule has 12 heteroatoms. The van der Waals surface area contributed by atoms with Gasteiger partial charge in [-0.05, 0) is 84.8 Å². The molecule has 11 nitrogen and oxygen atoms in total. The van der Waals surface area contributed by atoms with Crippen LogP contribution in [0.1, 0.15) is 58.8 Å². The first-order valence-electron chi connectivity index (χ1n) is 15.9. The molecule has 0 saturated heterocycles. The van der Waals surface area contributed by atoms with Gasteiger partial charge in [-0.3, -0.25) is 9.78 Å². The van der Waals surface area contributed by atoms with Crippen molar-refractivity contribution in [3.05, 3.63) is 145 Å². The second-order valence-electron chi connectivity index (χ2n) is 12.6. The number of nitrogen functional groups attached to an aromatic ring is 1. The average Bonchev–Trinajstić information content (AvgIpc) is 3.47. The standard InChI is InChI=1S/C37H38N6O5S/c1-23(2)33-20-42(49(46,47)30-13-11-24(3)12-14-30)34-19-39-28(18-32(33)34)17-31-25(4)15-29(16-26(31)5)43-37(45)41(36(44)35(38)40-43)22-48-21-27-9-7-6-8-10-27/h6-16,18-20,23H,17,21-22H2,1-5H3,(H2,38,40). The minimum absolute atomic E-state index is 0.0697. The molecule has 0 fully saturated rings. The Morgan fingerprint density at radius 2 is 1.59 bits per heavy atom. The highest BCUT2D eigenvalue weighted by Gasteiger charge is 2.23. The summed E-state index contributed by atoms with van der Waals surface area (Å²) < 4.78 is 36.4. The Bertz CT molecular complexity index is 2390. The molecule has 0 spiro atoms. The van der Waals surface area contributed by atoms with Crippen LogP contribution in [0.25, 0.3) is 16.6 Å². The number of ether oxygens (including phenoxy) is 1. The van der Waals surface area contributed by atoms with E-state index < -0.39 is 21.3 Å². The highest BCUT2D eigenvalue weighted by Crippen LogP contribution is 2.32. The largest absolute Gasteiger partial charge is 0.378 e. The van der Waals surface area contributed by atoms with E-state index in [9.17, 15) is 18.0 Å². The summed E-state index contributed by atoms with van der Waals surface area (Å²) in [5.74, 6) is -0.252. The van der Waals surface area contributed by atoms with Crippen molar-refractivity contribution in [1.82, 2.24) is 23.3 Å². The van der Waals surface area contributed by atoms with E-state index in [1.54, 1.807) is 36.7 Å². The van der Waals surface area contributed by atoms with E-state index in [4.69, 9.17) is 15.5 Å². The number of fused-ring (bicyclic) bond motifs is 1. The Kier molecular flexibility index (Phi) is 9.10. The lowest BCUT2D eigenvalue weighted by Gasteiger charge is -2.15. The third-order valence-corrected chi connectivity index (χ3v) is 10.3. The smallest absolute Gasteiger partial charge is 0.354 e. The fourth-order valence-corrected chi connectivity index (χ4v) is 7.30. The third-order valence-electron chi connectivity index (χ3n) is 8.64. The Hall–Kier alpha value is -5.33. The van der Waals surface area contributed by atoms with E-state index in [0.29, 0.717) is 17.6 Å². The first kappa shape index (κ1) is 33.6. The molecule has 0 atom stereocenters. The number of benzene rings is 3. The third kappa shape index (κ3) is 6.57. The fraction of sp³-hybridized carbons (Fsp3) is 0.243. The van der Waals surface area contributed by atoms with Crippen molar-refractivity contribution in [3.63, 3.8) is 0 Å². The molecule has 252 valence electrons. The van der Waals surface area contributed by atoms with Crippen LogP contribution < -0.4 is 17.0 Å². The Morgan fingerprint density at radius 3 is 2.24 bits per heavy atom. The zero-order valence-electron chi connectivity index (χ0n) is 28.0. The molecule has 0 saturated carbocycles. The SMILES string of the molecule is Cc1ccc(S(=O)(=O)n2cc(C(C)C)c3cc(Cc4c(C)cc(-n5nc(N)c(=O)n(COCc6ccccc6)c5=O)cc4C)ncc32)cc1.